The van der Waals surface area contributed by atoms with Gasteiger partial charge in [-0.05, 0) is 44.0 Å². The molecule has 1 aliphatic rings. The predicted octanol–water partition coefficient (Wildman–Crippen LogP) is 3.19. The molecule has 6 nitrogen and oxygen atoms in total. The quantitative estimate of drug-likeness (QED) is 0.789. The SMILES string of the molecule is Cc1cccc(C(=O)N2CCCC(c3nc(-c4cccnc4)n[nH]3)C2)c1. The maximum atomic E-state index is 12.8. The molecule has 1 amide bonds. The van der Waals surface area contributed by atoms with Crippen molar-refractivity contribution in [1.29, 1.82) is 0 Å². The van der Waals surface area contributed by atoms with Gasteiger partial charge in [0.15, 0.2) is 5.82 Å². The number of aromatic nitrogens is 4. The van der Waals surface area contributed by atoms with Crippen LogP contribution in [-0.4, -0.2) is 44.1 Å². The van der Waals surface area contributed by atoms with Gasteiger partial charge in [-0.15, -0.1) is 0 Å². The number of hydrogen-bond acceptors (Lipinski definition) is 4. The molecule has 1 fully saturated rings. The van der Waals surface area contributed by atoms with Crippen molar-refractivity contribution in [2.24, 2.45) is 0 Å². The molecule has 1 unspecified atom stereocenters. The lowest BCUT2D eigenvalue weighted by molar-refractivity contribution is 0.0704. The summed E-state index contributed by atoms with van der Waals surface area (Å²) < 4.78 is 0. The van der Waals surface area contributed by atoms with E-state index in [0.717, 1.165) is 41.9 Å². The number of amides is 1. The lowest BCUT2D eigenvalue weighted by Gasteiger charge is -2.31. The lowest BCUT2D eigenvalue weighted by atomic mass is 9.96. The van der Waals surface area contributed by atoms with E-state index >= 15 is 0 Å². The summed E-state index contributed by atoms with van der Waals surface area (Å²) in [6.07, 6.45) is 5.44. The second kappa shape index (κ2) is 7.07. The lowest BCUT2D eigenvalue weighted by Crippen LogP contribution is -2.39. The first kappa shape index (κ1) is 16.4. The highest BCUT2D eigenvalue weighted by Gasteiger charge is 2.27. The van der Waals surface area contributed by atoms with Crippen molar-refractivity contribution in [1.82, 2.24) is 25.1 Å². The molecule has 1 N–H and O–H groups in total. The molecule has 4 rings (SSSR count). The Morgan fingerprint density at radius 3 is 3.00 bits per heavy atom. The summed E-state index contributed by atoms with van der Waals surface area (Å²) in [6, 6.07) is 11.6. The molecule has 0 saturated carbocycles. The summed E-state index contributed by atoms with van der Waals surface area (Å²) in [5, 5.41) is 7.38. The number of pyridine rings is 1. The second-order valence-electron chi connectivity index (χ2n) is 6.75. The Bertz CT molecular complexity index is 905. The number of benzene rings is 1. The van der Waals surface area contributed by atoms with Gasteiger partial charge >= 0.3 is 0 Å². The smallest absolute Gasteiger partial charge is 0.253 e. The van der Waals surface area contributed by atoms with Gasteiger partial charge in [-0.3, -0.25) is 14.9 Å². The van der Waals surface area contributed by atoms with E-state index in [2.05, 4.69) is 20.2 Å². The first-order chi connectivity index (χ1) is 12.7. The van der Waals surface area contributed by atoms with Crippen LogP contribution in [-0.2, 0) is 0 Å². The number of carbonyl (C=O) groups excluding carboxylic acids is 1. The van der Waals surface area contributed by atoms with E-state index in [0.29, 0.717) is 12.4 Å². The van der Waals surface area contributed by atoms with Crippen molar-refractivity contribution in [2.45, 2.75) is 25.7 Å². The van der Waals surface area contributed by atoms with Crippen LogP contribution in [0.15, 0.2) is 48.8 Å². The van der Waals surface area contributed by atoms with E-state index in [-0.39, 0.29) is 11.8 Å². The zero-order valence-electron chi connectivity index (χ0n) is 14.7. The third kappa shape index (κ3) is 3.35. The summed E-state index contributed by atoms with van der Waals surface area (Å²) in [5.41, 5.74) is 2.73. The number of likely N-dealkylation sites (tertiary alicyclic amines) is 1. The molecule has 2 aromatic heterocycles. The molecular formula is C20H21N5O. The van der Waals surface area contributed by atoms with Gasteiger partial charge in [0.2, 0.25) is 0 Å². The van der Waals surface area contributed by atoms with E-state index in [9.17, 15) is 4.79 Å². The molecule has 0 radical (unpaired) electrons. The van der Waals surface area contributed by atoms with Gasteiger partial charge in [-0.25, -0.2) is 4.98 Å². The number of aromatic amines is 1. The largest absolute Gasteiger partial charge is 0.338 e. The Kier molecular flexibility index (Phi) is 4.48. The van der Waals surface area contributed by atoms with Gasteiger partial charge in [0, 0.05) is 42.5 Å². The van der Waals surface area contributed by atoms with Gasteiger partial charge in [-0.2, -0.15) is 5.10 Å². The highest BCUT2D eigenvalue weighted by atomic mass is 16.2. The van der Waals surface area contributed by atoms with Gasteiger partial charge in [-0.1, -0.05) is 17.7 Å². The summed E-state index contributed by atoms with van der Waals surface area (Å²) in [5.74, 6) is 1.75. The van der Waals surface area contributed by atoms with Crippen LogP contribution in [0, 0.1) is 6.92 Å². The van der Waals surface area contributed by atoms with Crippen molar-refractivity contribution in [3.8, 4) is 11.4 Å². The highest BCUT2D eigenvalue weighted by Crippen LogP contribution is 2.27. The Hall–Kier alpha value is -3.02. The number of nitrogens with zero attached hydrogens (tertiary/aromatic N) is 4. The number of H-pyrrole nitrogens is 1. The van der Waals surface area contributed by atoms with E-state index in [1.54, 1.807) is 12.4 Å². The maximum Gasteiger partial charge on any atom is 0.253 e. The standard InChI is InChI=1S/C20H21N5O/c1-14-5-2-6-15(11-14)20(26)25-10-4-8-17(13-25)19-22-18(23-24-19)16-7-3-9-21-12-16/h2-3,5-7,9,11-12,17H,4,8,10,13H2,1H3,(H,22,23,24). The molecule has 3 aromatic rings. The number of carbonyl (C=O) groups is 1. The molecule has 1 atom stereocenters. The topological polar surface area (TPSA) is 74.8 Å². The second-order valence-corrected chi connectivity index (χ2v) is 6.75. The molecule has 1 saturated heterocycles. The highest BCUT2D eigenvalue weighted by molar-refractivity contribution is 5.94. The summed E-state index contributed by atoms with van der Waals surface area (Å²) in [7, 11) is 0. The average molecular weight is 347 g/mol. The van der Waals surface area contributed by atoms with E-state index in [4.69, 9.17) is 0 Å². The van der Waals surface area contributed by atoms with E-state index in [1.165, 1.54) is 0 Å². The number of piperidine rings is 1. The number of hydrogen-bond donors (Lipinski definition) is 1. The van der Waals surface area contributed by atoms with Gasteiger partial charge < -0.3 is 4.90 Å². The third-order valence-electron chi connectivity index (χ3n) is 4.78. The Morgan fingerprint density at radius 2 is 2.19 bits per heavy atom. The van der Waals surface area contributed by atoms with Gasteiger partial charge in [0.25, 0.3) is 5.91 Å². The zero-order valence-corrected chi connectivity index (χ0v) is 14.7. The molecule has 26 heavy (non-hydrogen) atoms. The molecule has 0 bridgehead atoms. The molecule has 0 aliphatic carbocycles. The van der Waals surface area contributed by atoms with Crippen LogP contribution in [0.2, 0.25) is 0 Å². The number of aryl methyl sites for hydroxylation is 1. The minimum Gasteiger partial charge on any atom is -0.338 e. The fraction of sp³-hybridized carbons (Fsp3) is 0.300. The summed E-state index contributed by atoms with van der Waals surface area (Å²) in [6.45, 7) is 3.45. The predicted molar refractivity (Wildman–Crippen MR) is 98.7 cm³/mol. The minimum atomic E-state index is 0.0883. The van der Waals surface area contributed by atoms with Crippen molar-refractivity contribution in [3.05, 3.63) is 65.7 Å². The molecule has 1 aliphatic heterocycles. The van der Waals surface area contributed by atoms with Crippen molar-refractivity contribution in [2.75, 3.05) is 13.1 Å². The van der Waals surface area contributed by atoms with Crippen LogP contribution in [0.1, 0.15) is 40.5 Å². The Balaban J connectivity index is 1.50. The molecule has 6 heteroatoms. The van der Waals surface area contributed by atoms with E-state index in [1.807, 2.05) is 48.2 Å². The molecule has 0 spiro atoms. The third-order valence-corrected chi connectivity index (χ3v) is 4.78. The fourth-order valence-corrected chi connectivity index (χ4v) is 3.43. The summed E-state index contributed by atoms with van der Waals surface area (Å²) >= 11 is 0. The van der Waals surface area contributed by atoms with Crippen LogP contribution in [0.5, 0.6) is 0 Å². The Labute approximate surface area is 152 Å². The summed E-state index contributed by atoms with van der Waals surface area (Å²) in [4.78, 5) is 23.5. The van der Waals surface area contributed by atoms with Crippen molar-refractivity contribution in [3.63, 3.8) is 0 Å². The molecule has 3 heterocycles. The first-order valence-electron chi connectivity index (χ1n) is 8.89. The zero-order chi connectivity index (χ0) is 17.9. The molecule has 1 aromatic carbocycles. The fourth-order valence-electron chi connectivity index (χ4n) is 3.43. The maximum absolute atomic E-state index is 12.8. The van der Waals surface area contributed by atoms with Crippen molar-refractivity contribution < 1.29 is 4.79 Å². The molecular weight excluding hydrogens is 326 g/mol. The first-order valence-corrected chi connectivity index (χ1v) is 8.89. The average Bonchev–Trinajstić information content (AvgIpc) is 3.18. The van der Waals surface area contributed by atoms with E-state index < -0.39 is 0 Å². The van der Waals surface area contributed by atoms with Gasteiger partial charge in [0.1, 0.15) is 5.82 Å². The van der Waals surface area contributed by atoms with Crippen LogP contribution in [0.4, 0.5) is 0 Å². The van der Waals surface area contributed by atoms with Gasteiger partial charge in [0.05, 0.1) is 0 Å². The van der Waals surface area contributed by atoms with Crippen LogP contribution < -0.4 is 0 Å². The monoisotopic (exact) mass is 347 g/mol. The van der Waals surface area contributed by atoms with Crippen molar-refractivity contribution >= 4 is 5.91 Å². The molecule has 132 valence electrons. The van der Waals surface area contributed by atoms with Crippen LogP contribution >= 0.6 is 0 Å². The van der Waals surface area contributed by atoms with Crippen LogP contribution in [0.25, 0.3) is 11.4 Å². The normalized spacial score (nSPS) is 17.3. The Morgan fingerprint density at radius 1 is 1.27 bits per heavy atom. The number of nitrogens with one attached hydrogen (secondary N) is 1. The number of rotatable bonds is 3. The van der Waals surface area contributed by atoms with Crippen LogP contribution in [0.3, 0.4) is 0 Å². The minimum absolute atomic E-state index is 0.0883.